The van der Waals surface area contributed by atoms with Crippen molar-refractivity contribution < 1.29 is 178 Å². The van der Waals surface area contributed by atoms with Gasteiger partial charge in [-0.15, -0.1) is 0 Å². The number of fused-ring (bicyclic) bond motifs is 7. The molecule has 0 bridgehead atoms. The van der Waals surface area contributed by atoms with Crippen molar-refractivity contribution in [2.24, 2.45) is 50.2 Å². The summed E-state index contributed by atoms with van der Waals surface area (Å²) in [6, 6.07) is 0. The first kappa shape index (κ1) is 82.3. The van der Waals surface area contributed by atoms with Crippen LogP contribution in [0.4, 0.5) is 0 Å². The molecule has 12 aliphatic rings. The quantitative estimate of drug-likeness (QED) is 0.0365. The van der Waals surface area contributed by atoms with Crippen LogP contribution in [0.3, 0.4) is 0 Å². The number of ether oxygens (including phenoxy) is 14. The molecule has 0 aromatic heterocycles. The highest BCUT2D eigenvalue weighted by Gasteiger charge is 2.75. The summed E-state index contributed by atoms with van der Waals surface area (Å²) in [5.74, 6) is -3.00. The number of rotatable bonds is 17. The molecule has 7 aliphatic heterocycles. The highest BCUT2D eigenvalue weighted by atomic mass is 16.8. The smallest absolute Gasteiger partial charge is 0.317 e. The minimum atomic E-state index is -2.14. The summed E-state index contributed by atoms with van der Waals surface area (Å²) in [7, 11) is 0. The Labute approximate surface area is 605 Å². The third kappa shape index (κ3) is 13.8. The topological polar surface area (TPSA) is 571 Å². The largest absolute Gasteiger partial charge is 0.432 e. The first-order chi connectivity index (χ1) is 49.1. The average Bonchev–Trinajstić information content (AvgIpc) is 1.14. The molecule has 21 N–H and O–H groups in total. The Kier molecular flexibility index (Phi) is 23.8. The minimum Gasteiger partial charge on any atom is -0.432 e. The molecule has 12 rings (SSSR count). The number of carbonyl (C=O) groups excluding carboxylic acids is 1. The lowest BCUT2D eigenvalue weighted by Crippen LogP contribution is -2.73. The number of esters is 1. The van der Waals surface area contributed by atoms with Gasteiger partial charge in [-0.25, -0.2) is 0 Å². The molecule has 36 nitrogen and oxygen atoms in total. The van der Waals surface area contributed by atoms with Crippen LogP contribution in [-0.4, -0.2) is 367 Å². The van der Waals surface area contributed by atoms with E-state index in [0.29, 0.717) is 19.3 Å². The van der Waals surface area contributed by atoms with Crippen LogP contribution in [0.1, 0.15) is 107 Å². The molecular formula is C69H112O36. The molecule has 11 fully saturated rings. The monoisotopic (exact) mass is 1520 g/mol. The molecule has 0 amide bonds. The van der Waals surface area contributed by atoms with E-state index in [1.165, 1.54) is 20.8 Å². The van der Waals surface area contributed by atoms with Crippen molar-refractivity contribution in [1.29, 1.82) is 0 Å². The molecule has 105 heavy (non-hydrogen) atoms. The van der Waals surface area contributed by atoms with Crippen molar-refractivity contribution in [2.75, 3.05) is 39.6 Å². The molecule has 7 saturated heterocycles. The maximum Gasteiger partial charge on any atom is 0.317 e. The fraction of sp³-hybridized carbons (Fsp3) is 0.957. The van der Waals surface area contributed by atoms with Crippen LogP contribution in [0, 0.1) is 50.2 Å². The van der Waals surface area contributed by atoms with Crippen LogP contribution in [0.5, 0.6) is 0 Å². The first-order valence-corrected chi connectivity index (χ1v) is 36.6. The Hall–Kier alpha value is -2.15. The second-order valence-electron chi connectivity index (χ2n) is 33.7. The predicted molar refractivity (Wildman–Crippen MR) is 344 cm³/mol. The summed E-state index contributed by atoms with van der Waals surface area (Å²) in [5, 5.41) is 237. The summed E-state index contributed by atoms with van der Waals surface area (Å²) in [5.41, 5.74) is -8.01. The fourth-order valence-electron chi connectivity index (χ4n) is 20.4. The molecule has 0 aromatic carbocycles. The number of allylic oxidation sites excluding steroid dienone is 2. The van der Waals surface area contributed by atoms with E-state index in [4.69, 9.17) is 66.3 Å². The Morgan fingerprint density at radius 2 is 1.03 bits per heavy atom. The first-order valence-electron chi connectivity index (χ1n) is 36.6. The van der Waals surface area contributed by atoms with Crippen LogP contribution < -0.4 is 0 Å². The van der Waals surface area contributed by atoms with Gasteiger partial charge in [-0.1, -0.05) is 53.2 Å². The van der Waals surface area contributed by atoms with E-state index in [9.17, 15) is 107 Å². The standard InChI is InChI=1S/C69H112O36/c1-24-36(78)39(81)42(84)56(95-24)100-48-32(76)20-92-55(45(48)87)99-47-26(3)97-59(46(88)50(47)102-57-43(85)40(82)37(79)25(2)96-57)103-51-38(80)31(75)19-93-60(51)105-62(90)69-13-12-63(4,5)14-28(69)27-10-11-34-64(6)15-30(74)54(65(7,21-71)52(64)29(73)16-67(34,9)66(27,8)17-35(69)77)104-58-44(86)41(83)49(33(18-70)98-58)101-61-53(89)68(91,22-72)23-94-61/h10,24-26,28-61,70-89,91H,11-23H2,1-9H3. The Morgan fingerprint density at radius 1 is 0.486 bits per heavy atom. The van der Waals surface area contributed by atoms with Gasteiger partial charge in [0.1, 0.15) is 127 Å². The van der Waals surface area contributed by atoms with E-state index in [1.807, 2.05) is 34.6 Å². The van der Waals surface area contributed by atoms with Gasteiger partial charge in [0.05, 0.1) is 82.4 Å². The van der Waals surface area contributed by atoms with Gasteiger partial charge >= 0.3 is 5.97 Å². The lowest BCUT2D eigenvalue weighted by molar-refractivity contribution is -0.395. The van der Waals surface area contributed by atoms with Gasteiger partial charge in [0.2, 0.25) is 6.29 Å². The van der Waals surface area contributed by atoms with Gasteiger partial charge in [0.25, 0.3) is 0 Å². The van der Waals surface area contributed by atoms with Gasteiger partial charge in [-0.05, 0) is 99.2 Å². The van der Waals surface area contributed by atoms with Crippen LogP contribution in [0.2, 0.25) is 0 Å². The van der Waals surface area contributed by atoms with Gasteiger partial charge < -0.3 is 174 Å². The highest BCUT2D eigenvalue weighted by Crippen LogP contribution is 2.76. The minimum absolute atomic E-state index is 0.0526. The van der Waals surface area contributed by atoms with E-state index in [1.54, 1.807) is 6.92 Å². The van der Waals surface area contributed by atoms with Crippen LogP contribution in [0.25, 0.3) is 0 Å². The zero-order valence-corrected chi connectivity index (χ0v) is 60.1. The SMILES string of the molecule is CC1OC(OC2C(O)COC(OC3C(C)OC(OC4C(OC(=O)C56CCC(C)(C)CC5C5=CCC7C8(C)CC(O)C(OC9OC(CO)C(OC%10OCC(O)(CO)C%10O)C(O)C9O)C(C)(CO)C8C(O)CC7(C)C5(C)CC6O)OCC(O)C4O)C(O)C3OC3OC(C)C(O)C(O)C3O)C2O)C(O)C(O)C1O. The molecule has 0 radical (unpaired) electrons. The van der Waals surface area contributed by atoms with Crippen molar-refractivity contribution in [3.8, 4) is 0 Å². The van der Waals surface area contributed by atoms with Gasteiger partial charge in [-0.2, -0.15) is 0 Å². The van der Waals surface area contributed by atoms with Crippen LogP contribution in [0.15, 0.2) is 11.6 Å². The third-order valence-electron chi connectivity index (χ3n) is 26.6. The molecule has 43 atom stereocenters. The number of aliphatic hydroxyl groups excluding tert-OH is 20. The number of hydrogen-bond donors (Lipinski definition) is 21. The van der Waals surface area contributed by atoms with E-state index < -0.39 is 310 Å². The second kappa shape index (κ2) is 30.3. The van der Waals surface area contributed by atoms with E-state index in [-0.39, 0.29) is 25.7 Å². The van der Waals surface area contributed by atoms with Gasteiger partial charge in [-0.3, -0.25) is 4.79 Å². The molecule has 0 spiro atoms. The average molecular weight is 1520 g/mol. The van der Waals surface area contributed by atoms with Crippen LogP contribution in [-0.2, 0) is 71.1 Å². The maximum atomic E-state index is 15.8. The van der Waals surface area contributed by atoms with Crippen molar-refractivity contribution >= 4 is 5.97 Å². The van der Waals surface area contributed by atoms with Crippen LogP contribution >= 0.6 is 0 Å². The lowest BCUT2D eigenvalue weighted by Gasteiger charge is -2.73. The summed E-state index contributed by atoms with van der Waals surface area (Å²) < 4.78 is 83.7. The van der Waals surface area contributed by atoms with E-state index >= 15 is 4.79 Å². The van der Waals surface area contributed by atoms with Crippen molar-refractivity contribution in [2.45, 2.75) is 322 Å². The van der Waals surface area contributed by atoms with E-state index in [2.05, 4.69) is 6.08 Å². The highest BCUT2D eigenvalue weighted by molar-refractivity contribution is 5.80. The molecule has 7 heterocycles. The summed E-state index contributed by atoms with van der Waals surface area (Å²) in [4.78, 5) is 15.8. The number of aliphatic hydroxyl groups is 21. The number of hydrogen-bond acceptors (Lipinski definition) is 36. The molecule has 604 valence electrons. The zero-order chi connectivity index (χ0) is 76.8. The lowest BCUT2D eigenvalue weighted by atomic mass is 9.32. The number of carbonyl (C=O) groups is 1. The molecular weight excluding hydrogens is 1400 g/mol. The van der Waals surface area contributed by atoms with Crippen molar-refractivity contribution in [3.63, 3.8) is 0 Å². The summed E-state index contributed by atoms with van der Waals surface area (Å²) >= 11 is 0. The zero-order valence-electron chi connectivity index (χ0n) is 60.1. The molecule has 4 saturated carbocycles. The summed E-state index contributed by atoms with van der Waals surface area (Å²) in [6.45, 7) is 11.6. The fourth-order valence-corrected chi connectivity index (χ4v) is 20.4. The Morgan fingerprint density at radius 3 is 1.64 bits per heavy atom. The third-order valence-corrected chi connectivity index (χ3v) is 26.6. The van der Waals surface area contributed by atoms with Crippen molar-refractivity contribution in [3.05, 3.63) is 11.6 Å². The normalized spacial score (nSPS) is 56.5. The molecule has 43 unspecified atom stereocenters. The molecule has 5 aliphatic carbocycles. The molecule has 0 aromatic rings. The Bertz CT molecular complexity index is 3030. The summed E-state index contributed by atoms with van der Waals surface area (Å²) in [6.07, 6.45) is -54.6. The van der Waals surface area contributed by atoms with Crippen molar-refractivity contribution in [1.82, 2.24) is 0 Å². The predicted octanol–water partition coefficient (Wildman–Crippen LogP) is -7.68. The maximum absolute atomic E-state index is 15.8. The van der Waals surface area contributed by atoms with E-state index in [0.717, 1.165) is 5.57 Å². The molecule has 36 heteroatoms. The van der Waals surface area contributed by atoms with Gasteiger partial charge in [0.15, 0.2) is 43.8 Å². The van der Waals surface area contributed by atoms with Gasteiger partial charge in [0, 0.05) is 11.3 Å². The second-order valence-corrected chi connectivity index (χ2v) is 33.7. The Balaban J connectivity index is 0.785.